The second kappa shape index (κ2) is 5.14. The maximum Gasteiger partial charge on any atom is 0.433 e. The van der Waals surface area contributed by atoms with E-state index in [0.29, 0.717) is 6.61 Å². The van der Waals surface area contributed by atoms with Crippen LogP contribution in [0.5, 0.6) is 5.88 Å². The Kier molecular flexibility index (Phi) is 3.75. The van der Waals surface area contributed by atoms with E-state index < -0.39 is 11.9 Å². The van der Waals surface area contributed by atoms with E-state index in [1.807, 2.05) is 6.92 Å². The lowest BCUT2D eigenvalue weighted by atomic mass is 10.1. The Balaban J connectivity index is 2.09. The summed E-state index contributed by atoms with van der Waals surface area (Å²) in [6, 6.07) is 3.64. The fraction of sp³-hybridized carbons (Fsp3) is 0.583. The van der Waals surface area contributed by atoms with E-state index in [-0.39, 0.29) is 18.1 Å². The van der Waals surface area contributed by atoms with Crippen molar-refractivity contribution >= 4 is 0 Å². The normalized spacial score (nSPS) is 24.9. The molecule has 1 aliphatic heterocycles. The van der Waals surface area contributed by atoms with Gasteiger partial charge in [0.25, 0.3) is 0 Å². The first-order chi connectivity index (χ1) is 8.47. The number of hydrogen-bond donors (Lipinski definition) is 0. The van der Waals surface area contributed by atoms with Crippen molar-refractivity contribution in [2.24, 2.45) is 0 Å². The van der Waals surface area contributed by atoms with Gasteiger partial charge >= 0.3 is 6.18 Å². The highest BCUT2D eigenvalue weighted by Gasteiger charge is 2.33. The molecule has 0 aromatic carbocycles. The average Bonchev–Trinajstić information content (AvgIpc) is 2.31. The van der Waals surface area contributed by atoms with Gasteiger partial charge < -0.3 is 9.47 Å². The van der Waals surface area contributed by atoms with E-state index >= 15 is 0 Å². The first-order valence-electron chi connectivity index (χ1n) is 5.79. The van der Waals surface area contributed by atoms with Crippen molar-refractivity contribution in [2.45, 2.75) is 38.1 Å². The van der Waals surface area contributed by atoms with Crippen LogP contribution >= 0.6 is 0 Å². The van der Waals surface area contributed by atoms with Gasteiger partial charge in [0, 0.05) is 12.7 Å². The summed E-state index contributed by atoms with van der Waals surface area (Å²) in [6.07, 6.45) is -3.22. The molecule has 100 valence electrons. The van der Waals surface area contributed by atoms with E-state index in [9.17, 15) is 13.2 Å². The summed E-state index contributed by atoms with van der Waals surface area (Å²) < 4.78 is 48.3. The number of halogens is 3. The number of aromatic nitrogens is 1. The molecule has 2 rings (SSSR count). The number of pyridine rings is 1. The summed E-state index contributed by atoms with van der Waals surface area (Å²) in [5, 5.41) is 0. The molecule has 0 spiro atoms. The Labute approximate surface area is 103 Å². The molecule has 1 aliphatic rings. The van der Waals surface area contributed by atoms with Crippen LogP contribution in [0.15, 0.2) is 18.2 Å². The van der Waals surface area contributed by atoms with E-state index in [4.69, 9.17) is 9.47 Å². The molecule has 0 bridgehead atoms. The molecule has 3 nitrogen and oxygen atoms in total. The fourth-order valence-electron chi connectivity index (χ4n) is 1.84. The zero-order valence-electron chi connectivity index (χ0n) is 9.91. The van der Waals surface area contributed by atoms with Crippen LogP contribution in [0.2, 0.25) is 0 Å². The number of ether oxygens (including phenoxy) is 2. The maximum absolute atomic E-state index is 12.5. The lowest BCUT2D eigenvalue weighted by Crippen LogP contribution is -2.36. The maximum atomic E-state index is 12.5. The van der Waals surface area contributed by atoms with Crippen LogP contribution in [0, 0.1) is 0 Å². The van der Waals surface area contributed by atoms with E-state index in [1.165, 1.54) is 12.1 Å². The lowest BCUT2D eigenvalue weighted by Gasteiger charge is -2.29. The fourth-order valence-corrected chi connectivity index (χ4v) is 1.84. The molecular formula is C12H14F3NO2. The number of alkyl halides is 3. The molecule has 1 saturated heterocycles. The van der Waals surface area contributed by atoms with Crippen molar-refractivity contribution in [1.29, 1.82) is 0 Å². The monoisotopic (exact) mass is 261 g/mol. The smallest absolute Gasteiger partial charge is 0.433 e. The molecule has 2 atom stereocenters. The van der Waals surface area contributed by atoms with Gasteiger partial charge in [0.15, 0.2) is 0 Å². The Morgan fingerprint density at radius 1 is 1.39 bits per heavy atom. The van der Waals surface area contributed by atoms with Crippen LogP contribution in [0.1, 0.15) is 25.5 Å². The van der Waals surface area contributed by atoms with Crippen molar-refractivity contribution in [3.63, 3.8) is 0 Å². The predicted molar refractivity (Wildman–Crippen MR) is 58.3 cm³/mol. The van der Waals surface area contributed by atoms with Crippen molar-refractivity contribution in [1.82, 2.24) is 4.98 Å². The third-order valence-electron chi connectivity index (χ3n) is 2.82. The summed E-state index contributed by atoms with van der Waals surface area (Å²) in [7, 11) is 0. The highest BCUT2D eigenvalue weighted by Crippen LogP contribution is 2.29. The van der Waals surface area contributed by atoms with E-state index in [1.54, 1.807) is 0 Å². The zero-order chi connectivity index (χ0) is 13.2. The quantitative estimate of drug-likeness (QED) is 0.820. The number of hydrogen-bond acceptors (Lipinski definition) is 3. The Hall–Kier alpha value is -1.30. The Bertz CT molecular complexity index is 409. The molecule has 0 aliphatic carbocycles. The van der Waals surface area contributed by atoms with Gasteiger partial charge in [-0.2, -0.15) is 13.2 Å². The van der Waals surface area contributed by atoms with Gasteiger partial charge in [-0.1, -0.05) is 6.07 Å². The van der Waals surface area contributed by atoms with E-state index in [2.05, 4.69) is 4.98 Å². The summed E-state index contributed by atoms with van der Waals surface area (Å²) >= 11 is 0. The number of nitrogens with zero attached hydrogens (tertiary/aromatic N) is 1. The summed E-state index contributed by atoms with van der Waals surface area (Å²) in [4.78, 5) is 3.47. The van der Waals surface area contributed by atoms with Crippen LogP contribution in [0.3, 0.4) is 0 Å². The van der Waals surface area contributed by atoms with Crippen molar-refractivity contribution in [3.05, 3.63) is 23.9 Å². The topological polar surface area (TPSA) is 31.4 Å². The molecule has 1 aromatic rings. The minimum absolute atomic E-state index is 0.00725. The molecule has 2 unspecified atom stereocenters. The van der Waals surface area contributed by atoms with Gasteiger partial charge in [-0.15, -0.1) is 0 Å². The molecule has 6 heteroatoms. The van der Waals surface area contributed by atoms with Crippen LogP contribution in [0.4, 0.5) is 13.2 Å². The highest BCUT2D eigenvalue weighted by atomic mass is 19.4. The van der Waals surface area contributed by atoms with E-state index in [0.717, 1.165) is 18.9 Å². The molecular weight excluding hydrogens is 247 g/mol. The largest absolute Gasteiger partial charge is 0.472 e. The van der Waals surface area contributed by atoms with Gasteiger partial charge in [0.2, 0.25) is 5.88 Å². The van der Waals surface area contributed by atoms with Crippen molar-refractivity contribution in [3.8, 4) is 5.88 Å². The van der Waals surface area contributed by atoms with Crippen LogP contribution in [-0.4, -0.2) is 23.8 Å². The molecule has 2 heterocycles. The number of rotatable bonds is 2. The van der Waals surface area contributed by atoms with Crippen molar-refractivity contribution < 1.29 is 22.6 Å². The molecule has 1 fully saturated rings. The summed E-state index contributed by atoms with van der Waals surface area (Å²) in [5.74, 6) is -0.00725. The second-order valence-electron chi connectivity index (χ2n) is 4.23. The SMILES string of the molecule is CC1OCCCC1Oc1cccc(C(F)(F)F)n1. The summed E-state index contributed by atoms with van der Waals surface area (Å²) in [5.41, 5.74) is -0.940. The third kappa shape index (κ3) is 3.13. The predicted octanol–water partition coefficient (Wildman–Crippen LogP) is 3.05. The van der Waals surface area contributed by atoms with Gasteiger partial charge in [-0.3, -0.25) is 0 Å². The Morgan fingerprint density at radius 2 is 2.17 bits per heavy atom. The van der Waals surface area contributed by atoms with Crippen LogP contribution < -0.4 is 4.74 Å². The second-order valence-corrected chi connectivity index (χ2v) is 4.23. The molecule has 0 radical (unpaired) electrons. The van der Waals surface area contributed by atoms with Crippen LogP contribution in [-0.2, 0) is 10.9 Å². The minimum atomic E-state index is -4.45. The molecule has 18 heavy (non-hydrogen) atoms. The molecule has 0 saturated carbocycles. The van der Waals surface area contributed by atoms with Gasteiger partial charge in [-0.25, -0.2) is 4.98 Å². The van der Waals surface area contributed by atoms with Crippen molar-refractivity contribution in [2.75, 3.05) is 6.61 Å². The minimum Gasteiger partial charge on any atom is -0.472 e. The van der Waals surface area contributed by atoms with Gasteiger partial charge in [-0.05, 0) is 25.8 Å². The molecule has 1 aromatic heterocycles. The highest BCUT2D eigenvalue weighted by molar-refractivity contribution is 5.18. The zero-order valence-corrected chi connectivity index (χ0v) is 9.91. The molecule has 0 N–H and O–H groups in total. The lowest BCUT2D eigenvalue weighted by molar-refractivity contribution is -0.141. The standard InChI is InChI=1S/C12H14F3NO2/c1-8-9(4-3-7-17-8)18-11-6-2-5-10(16-11)12(13,14)15/h2,5-6,8-9H,3-4,7H2,1H3. The van der Waals surface area contributed by atoms with Gasteiger partial charge in [0.1, 0.15) is 11.8 Å². The van der Waals surface area contributed by atoms with Gasteiger partial charge in [0.05, 0.1) is 6.10 Å². The third-order valence-corrected chi connectivity index (χ3v) is 2.82. The van der Waals surface area contributed by atoms with Crippen LogP contribution in [0.25, 0.3) is 0 Å². The summed E-state index contributed by atoms with van der Waals surface area (Å²) in [6.45, 7) is 2.51. The Morgan fingerprint density at radius 3 is 2.83 bits per heavy atom. The first kappa shape index (κ1) is 13.1. The molecule has 0 amide bonds. The first-order valence-corrected chi connectivity index (χ1v) is 5.79. The average molecular weight is 261 g/mol.